The molecule has 21 heavy (non-hydrogen) atoms. The number of benzene rings is 1. The Labute approximate surface area is 123 Å². The lowest BCUT2D eigenvalue weighted by atomic mass is 10.3. The van der Waals surface area contributed by atoms with Crippen molar-refractivity contribution in [3.8, 4) is 0 Å². The largest absolute Gasteiger partial charge is 0.385 e. The molecular formula is C12H19N3O5S. The summed E-state index contributed by atoms with van der Waals surface area (Å²) in [7, 11) is -2.57. The minimum atomic E-state index is -4.01. The third-order valence-corrected chi connectivity index (χ3v) is 4.22. The molecule has 0 bridgehead atoms. The summed E-state index contributed by atoms with van der Waals surface area (Å²) in [6.07, 6.45) is 0. The molecule has 1 unspecified atom stereocenters. The number of methoxy groups -OCH3 is 1. The second-order valence-corrected chi connectivity index (χ2v) is 6.13. The van der Waals surface area contributed by atoms with Gasteiger partial charge in [0.05, 0.1) is 11.5 Å². The number of anilines is 1. The van der Waals surface area contributed by atoms with Gasteiger partial charge in [0.2, 0.25) is 10.0 Å². The number of hydrogen-bond acceptors (Lipinski definition) is 6. The second kappa shape index (κ2) is 7.34. The van der Waals surface area contributed by atoms with Gasteiger partial charge in [-0.2, -0.15) is 0 Å². The van der Waals surface area contributed by atoms with Gasteiger partial charge in [0, 0.05) is 31.5 Å². The molecule has 0 aromatic heterocycles. The minimum Gasteiger partial charge on any atom is -0.385 e. The number of nitrogens with one attached hydrogen (secondary N) is 2. The van der Waals surface area contributed by atoms with Crippen LogP contribution in [0.15, 0.2) is 23.1 Å². The van der Waals surface area contributed by atoms with Gasteiger partial charge >= 0.3 is 0 Å². The third-order valence-electron chi connectivity index (χ3n) is 2.60. The Morgan fingerprint density at radius 2 is 2.10 bits per heavy atom. The quantitative estimate of drug-likeness (QED) is 0.553. The fraction of sp³-hybridized carbons (Fsp3) is 0.500. The van der Waals surface area contributed by atoms with E-state index >= 15 is 0 Å². The van der Waals surface area contributed by atoms with Gasteiger partial charge in [0.1, 0.15) is 0 Å². The van der Waals surface area contributed by atoms with E-state index in [1.165, 1.54) is 25.3 Å². The molecule has 0 aliphatic heterocycles. The molecule has 1 atom stereocenters. The van der Waals surface area contributed by atoms with Crippen LogP contribution in [0.5, 0.6) is 0 Å². The molecule has 0 fully saturated rings. The van der Waals surface area contributed by atoms with Crippen molar-refractivity contribution in [1.29, 1.82) is 0 Å². The van der Waals surface area contributed by atoms with Gasteiger partial charge < -0.3 is 10.1 Å². The normalized spacial score (nSPS) is 12.9. The maximum absolute atomic E-state index is 12.3. The molecule has 2 N–H and O–H groups in total. The highest BCUT2D eigenvalue weighted by molar-refractivity contribution is 7.89. The summed E-state index contributed by atoms with van der Waals surface area (Å²) in [5, 5.41) is 13.9. The molecule has 0 radical (unpaired) electrons. The summed E-state index contributed by atoms with van der Waals surface area (Å²) in [5.74, 6) is 0. The zero-order valence-corrected chi connectivity index (χ0v) is 12.9. The first-order chi connectivity index (χ1) is 9.81. The van der Waals surface area contributed by atoms with Crippen LogP contribution in [0.4, 0.5) is 11.4 Å². The number of nitrogens with zero attached hydrogens (tertiary/aromatic N) is 1. The average molecular weight is 317 g/mol. The molecule has 9 heteroatoms. The predicted molar refractivity (Wildman–Crippen MR) is 78.9 cm³/mol. The van der Waals surface area contributed by atoms with E-state index in [4.69, 9.17) is 4.74 Å². The molecule has 8 nitrogen and oxygen atoms in total. The average Bonchev–Trinajstić information content (AvgIpc) is 2.38. The lowest BCUT2D eigenvalue weighted by Crippen LogP contribution is -2.35. The van der Waals surface area contributed by atoms with Gasteiger partial charge in [-0.1, -0.05) is 0 Å². The summed E-state index contributed by atoms with van der Waals surface area (Å²) in [5.41, 5.74) is 0.0386. The zero-order chi connectivity index (χ0) is 16.0. The minimum absolute atomic E-state index is 0.167. The van der Waals surface area contributed by atoms with Crippen molar-refractivity contribution in [2.24, 2.45) is 0 Å². The van der Waals surface area contributed by atoms with Crippen LogP contribution in [-0.2, 0) is 14.8 Å². The first kappa shape index (κ1) is 17.3. The highest BCUT2D eigenvalue weighted by Crippen LogP contribution is 2.27. The summed E-state index contributed by atoms with van der Waals surface area (Å²) < 4.78 is 31.8. The van der Waals surface area contributed by atoms with E-state index < -0.39 is 26.7 Å². The van der Waals surface area contributed by atoms with Crippen molar-refractivity contribution < 1.29 is 18.1 Å². The predicted octanol–water partition coefficient (Wildman–Crippen LogP) is 1.34. The van der Waals surface area contributed by atoms with Crippen LogP contribution in [-0.4, -0.2) is 39.6 Å². The smallest absolute Gasteiger partial charge is 0.289 e. The molecule has 1 rings (SSSR count). The molecule has 0 saturated heterocycles. The van der Waals surface area contributed by atoms with Crippen molar-refractivity contribution in [2.45, 2.75) is 24.8 Å². The standard InChI is InChI=1S/C12H19N3O5S/c1-4-13-10-5-6-11(15(16)17)12(7-10)21(18,19)14-9(2)8-20-3/h5-7,9,13-14H,4,8H2,1-3H3. The SMILES string of the molecule is CCNc1ccc([N+](=O)[O-])c(S(=O)(=O)NC(C)COC)c1. The third kappa shape index (κ3) is 4.66. The molecule has 1 aromatic carbocycles. The molecule has 0 aliphatic rings. The Kier molecular flexibility index (Phi) is 6.06. The Morgan fingerprint density at radius 1 is 1.43 bits per heavy atom. The molecule has 118 valence electrons. The Balaban J connectivity index is 3.23. The van der Waals surface area contributed by atoms with Crippen molar-refractivity contribution in [2.75, 3.05) is 25.6 Å². The van der Waals surface area contributed by atoms with Crippen LogP contribution >= 0.6 is 0 Å². The van der Waals surface area contributed by atoms with Crippen LogP contribution in [0, 0.1) is 10.1 Å². The summed E-state index contributed by atoms with van der Waals surface area (Å²) >= 11 is 0. The molecule has 0 heterocycles. The van der Waals surface area contributed by atoms with E-state index in [1.807, 2.05) is 6.92 Å². The monoisotopic (exact) mass is 317 g/mol. The molecular weight excluding hydrogens is 298 g/mol. The molecule has 0 saturated carbocycles. The molecule has 0 amide bonds. The summed E-state index contributed by atoms with van der Waals surface area (Å²) in [6.45, 7) is 4.19. The molecule has 0 spiro atoms. The molecule has 1 aromatic rings. The number of ether oxygens (including phenoxy) is 1. The van der Waals surface area contributed by atoms with E-state index in [9.17, 15) is 18.5 Å². The van der Waals surface area contributed by atoms with Crippen molar-refractivity contribution in [3.05, 3.63) is 28.3 Å². The van der Waals surface area contributed by atoms with Gasteiger partial charge in [0.15, 0.2) is 4.90 Å². The first-order valence-corrected chi connectivity index (χ1v) is 7.83. The Hall–Kier alpha value is -1.71. The summed E-state index contributed by atoms with van der Waals surface area (Å²) in [4.78, 5) is 9.93. The van der Waals surface area contributed by atoms with E-state index in [0.29, 0.717) is 12.2 Å². The van der Waals surface area contributed by atoms with Crippen molar-refractivity contribution in [1.82, 2.24) is 4.72 Å². The number of sulfonamides is 1. The van der Waals surface area contributed by atoms with Crippen LogP contribution in [0.2, 0.25) is 0 Å². The van der Waals surface area contributed by atoms with Crippen LogP contribution < -0.4 is 10.0 Å². The van der Waals surface area contributed by atoms with Gasteiger partial charge in [-0.15, -0.1) is 0 Å². The van der Waals surface area contributed by atoms with Crippen LogP contribution in [0.3, 0.4) is 0 Å². The van der Waals surface area contributed by atoms with Gasteiger partial charge in [-0.25, -0.2) is 13.1 Å². The topological polar surface area (TPSA) is 111 Å². The molecule has 0 aliphatic carbocycles. The highest BCUT2D eigenvalue weighted by Gasteiger charge is 2.27. The van der Waals surface area contributed by atoms with Gasteiger partial charge in [-0.3, -0.25) is 10.1 Å². The second-order valence-electron chi connectivity index (χ2n) is 4.45. The van der Waals surface area contributed by atoms with Gasteiger partial charge in [0.25, 0.3) is 5.69 Å². The Morgan fingerprint density at radius 3 is 2.62 bits per heavy atom. The van der Waals surface area contributed by atoms with Crippen molar-refractivity contribution in [3.63, 3.8) is 0 Å². The first-order valence-electron chi connectivity index (χ1n) is 6.35. The van der Waals surface area contributed by atoms with Crippen molar-refractivity contribution >= 4 is 21.4 Å². The lowest BCUT2D eigenvalue weighted by molar-refractivity contribution is -0.387. The number of nitro groups is 1. The fourth-order valence-electron chi connectivity index (χ4n) is 1.81. The van der Waals surface area contributed by atoms with E-state index in [2.05, 4.69) is 10.0 Å². The number of hydrogen-bond donors (Lipinski definition) is 2. The van der Waals surface area contributed by atoms with Gasteiger partial charge in [-0.05, 0) is 26.0 Å². The van der Waals surface area contributed by atoms with E-state index in [-0.39, 0.29) is 11.5 Å². The fourth-order valence-corrected chi connectivity index (χ4v) is 3.23. The van der Waals surface area contributed by atoms with E-state index in [0.717, 1.165) is 0 Å². The lowest BCUT2D eigenvalue weighted by Gasteiger charge is -2.14. The number of rotatable bonds is 8. The maximum atomic E-state index is 12.3. The van der Waals surface area contributed by atoms with Crippen LogP contribution in [0.25, 0.3) is 0 Å². The highest BCUT2D eigenvalue weighted by atomic mass is 32.2. The summed E-state index contributed by atoms with van der Waals surface area (Å²) in [6, 6.07) is 3.40. The number of nitro benzene ring substituents is 1. The maximum Gasteiger partial charge on any atom is 0.289 e. The Bertz CT molecular complexity index is 603. The van der Waals surface area contributed by atoms with Crippen LogP contribution in [0.1, 0.15) is 13.8 Å². The zero-order valence-electron chi connectivity index (χ0n) is 12.1. The van der Waals surface area contributed by atoms with E-state index in [1.54, 1.807) is 6.92 Å².